The van der Waals surface area contributed by atoms with Crippen molar-refractivity contribution in [3.8, 4) is 0 Å². The highest BCUT2D eigenvalue weighted by atomic mass is 19.4. The fourth-order valence-electron chi connectivity index (χ4n) is 3.95. The van der Waals surface area contributed by atoms with Crippen molar-refractivity contribution in [3.05, 3.63) is 71.3 Å². The van der Waals surface area contributed by atoms with Gasteiger partial charge < -0.3 is 0 Å². The second-order valence-electron chi connectivity index (χ2n) is 6.95. The topological polar surface area (TPSA) is 37.4 Å². The summed E-state index contributed by atoms with van der Waals surface area (Å²) in [6, 6.07) is 14.4. The van der Waals surface area contributed by atoms with Crippen LogP contribution >= 0.6 is 0 Å². The van der Waals surface area contributed by atoms with Gasteiger partial charge in [-0.1, -0.05) is 48.5 Å². The Morgan fingerprint density at radius 1 is 1.00 bits per heavy atom. The van der Waals surface area contributed by atoms with Crippen molar-refractivity contribution in [3.63, 3.8) is 0 Å². The molecule has 2 aliphatic rings. The van der Waals surface area contributed by atoms with E-state index in [9.17, 15) is 22.8 Å². The summed E-state index contributed by atoms with van der Waals surface area (Å²) in [5.74, 6) is -1.23. The lowest BCUT2D eigenvalue weighted by Crippen LogP contribution is -2.31. The summed E-state index contributed by atoms with van der Waals surface area (Å²) in [6.07, 6.45) is -4.21. The third kappa shape index (κ3) is 2.60. The maximum Gasteiger partial charge on any atom is 0.416 e. The van der Waals surface area contributed by atoms with Gasteiger partial charge in [0.05, 0.1) is 17.5 Å². The molecule has 1 aliphatic heterocycles. The minimum atomic E-state index is -4.48. The lowest BCUT2D eigenvalue weighted by atomic mass is 9.94. The number of benzene rings is 2. The molecule has 4 rings (SSSR count). The Balaban J connectivity index is 1.61. The normalized spacial score (nSPS) is 25.2. The lowest BCUT2D eigenvalue weighted by molar-refractivity contribution is -0.141. The first kappa shape index (κ1) is 16.8. The van der Waals surface area contributed by atoms with Crippen LogP contribution in [0.2, 0.25) is 0 Å². The average molecular weight is 359 g/mol. The highest BCUT2D eigenvalue weighted by molar-refractivity contribution is 6.08. The number of likely N-dealkylation sites (tertiary alicyclic amines) is 1. The summed E-state index contributed by atoms with van der Waals surface area (Å²) in [5, 5.41) is 0. The molecule has 1 unspecified atom stereocenters. The zero-order chi connectivity index (χ0) is 18.5. The molecule has 3 nitrogen and oxygen atoms in total. The van der Waals surface area contributed by atoms with Gasteiger partial charge in [0, 0.05) is 12.3 Å². The monoisotopic (exact) mass is 359 g/mol. The van der Waals surface area contributed by atoms with Gasteiger partial charge in [0.1, 0.15) is 0 Å². The van der Waals surface area contributed by atoms with Crippen molar-refractivity contribution in [1.82, 2.24) is 4.90 Å². The molecular formula is C20H16F3NO2. The quantitative estimate of drug-likeness (QED) is 0.773. The molecule has 1 heterocycles. The number of carbonyl (C=O) groups is 2. The average Bonchev–Trinajstić information content (AvgIpc) is 3.29. The Bertz CT molecular complexity index is 878. The second-order valence-corrected chi connectivity index (χ2v) is 6.95. The molecular weight excluding hydrogens is 343 g/mol. The number of alkyl halides is 3. The van der Waals surface area contributed by atoms with E-state index in [1.165, 1.54) is 17.0 Å². The first-order valence-electron chi connectivity index (χ1n) is 8.38. The Kier molecular flexibility index (Phi) is 3.68. The van der Waals surface area contributed by atoms with Gasteiger partial charge in [-0.25, -0.2) is 0 Å². The number of imide groups is 1. The summed E-state index contributed by atoms with van der Waals surface area (Å²) in [4.78, 5) is 26.4. The molecule has 2 aromatic carbocycles. The highest BCUT2D eigenvalue weighted by Crippen LogP contribution is 2.66. The van der Waals surface area contributed by atoms with Crippen molar-refractivity contribution in [2.24, 2.45) is 5.41 Å². The van der Waals surface area contributed by atoms with E-state index >= 15 is 0 Å². The predicted molar refractivity (Wildman–Crippen MR) is 87.9 cm³/mol. The van der Waals surface area contributed by atoms with E-state index in [1.807, 2.05) is 30.3 Å². The number of amides is 2. The predicted octanol–water partition coefficient (Wildman–Crippen LogP) is 4.14. The van der Waals surface area contributed by atoms with Gasteiger partial charge >= 0.3 is 6.18 Å². The molecule has 0 radical (unpaired) electrons. The molecule has 2 atom stereocenters. The Morgan fingerprint density at radius 2 is 1.65 bits per heavy atom. The van der Waals surface area contributed by atoms with Gasteiger partial charge in [0.25, 0.3) is 0 Å². The Labute approximate surface area is 148 Å². The van der Waals surface area contributed by atoms with Crippen LogP contribution in [0.25, 0.3) is 0 Å². The van der Waals surface area contributed by atoms with Crippen molar-refractivity contribution < 1.29 is 22.8 Å². The minimum Gasteiger partial charge on any atom is -0.278 e. The van der Waals surface area contributed by atoms with Gasteiger partial charge in [-0.15, -0.1) is 0 Å². The summed E-state index contributed by atoms with van der Waals surface area (Å²) in [5.41, 5.74) is -0.793. The number of halogens is 3. The molecule has 26 heavy (non-hydrogen) atoms. The van der Waals surface area contributed by atoms with Crippen molar-refractivity contribution >= 4 is 11.8 Å². The molecule has 0 N–H and O–H groups in total. The highest BCUT2D eigenvalue weighted by Gasteiger charge is 2.67. The van der Waals surface area contributed by atoms with Crippen molar-refractivity contribution in [1.29, 1.82) is 0 Å². The fraction of sp³-hybridized carbons (Fsp3) is 0.300. The SMILES string of the molecule is O=C1C[C@]2(CC2c2ccccc2C(F)(F)F)C(=O)N1Cc1ccccc1. The van der Waals surface area contributed by atoms with Crippen LogP contribution in [0.4, 0.5) is 13.2 Å². The van der Waals surface area contributed by atoms with E-state index in [0.29, 0.717) is 0 Å². The Hall–Kier alpha value is -2.63. The molecule has 1 spiro atoms. The molecule has 2 fully saturated rings. The van der Waals surface area contributed by atoms with Crippen LogP contribution in [0.5, 0.6) is 0 Å². The van der Waals surface area contributed by atoms with Crippen LogP contribution in [0, 0.1) is 5.41 Å². The Morgan fingerprint density at radius 3 is 2.35 bits per heavy atom. The van der Waals surface area contributed by atoms with E-state index < -0.39 is 23.1 Å². The number of nitrogens with zero attached hydrogens (tertiary/aromatic N) is 1. The summed E-state index contributed by atoms with van der Waals surface area (Å²) >= 11 is 0. The van der Waals surface area contributed by atoms with Crippen LogP contribution in [-0.4, -0.2) is 16.7 Å². The van der Waals surface area contributed by atoms with E-state index in [-0.39, 0.29) is 36.8 Å². The van der Waals surface area contributed by atoms with Crippen molar-refractivity contribution in [2.75, 3.05) is 0 Å². The maximum absolute atomic E-state index is 13.3. The molecule has 2 aromatic rings. The number of carbonyl (C=O) groups excluding carboxylic acids is 2. The van der Waals surface area contributed by atoms with E-state index in [1.54, 1.807) is 6.07 Å². The number of hydrogen-bond donors (Lipinski definition) is 0. The molecule has 1 saturated heterocycles. The molecule has 6 heteroatoms. The van der Waals surface area contributed by atoms with Gasteiger partial charge in [-0.3, -0.25) is 14.5 Å². The molecule has 1 saturated carbocycles. The van der Waals surface area contributed by atoms with Crippen LogP contribution in [0.15, 0.2) is 54.6 Å². The smallest absolute Gasteiger partial charge is 0.278 e. The number of hydrogen-bond acceptors (Lipinski definition) is 2. The minimum absolute atomic E-state index is 0.0183. The largest absolute Gasteiger partial charge is 0.416 e. The van der Waals surface area contributed by atoms with Gasteiger partial charge in [0.15, 0.2) is 0 Å². The molecule has 0 bridgehead atoms. The van der Waals surface area contributed by atoms with E-state index in [0.717, 1.165) is 11.6 Å². The van der Waals surface area contributed by atoms with E-state index in [4.69, 9.17) is 0 Å². The van der Waals surface area contributed by atoms with Crippen LogP contribution in [0.1, 0.15) is 35.4 Å². The summed E-state index contributed by atoms with van der Waals surface area (Å²) < 4.78 is 39.9. The van der Waals surface area contributed by atoms with Crippen LogP contribution < -0.4 is 0 Å². The zero-order valence-electron chi connectivity index (χ0n) is 13.8. The summed E-state index contributed by atoms with van der Waals surface area (Å²) in [7, 11) is 0. The van der Waals surface area contributed by atoms with E-state index in [2.05, 4.69) is 0 Å². The lowest BCUT2D eigenvalue weighted by Gasteiger charge is -2.16. The fourth-order valence-corrected chi connectivity index (χ4v) is 3.95. The molecule has 134 valence electrons. The standard InChI is InChI=1S/C20H16F3NO2/c21-20(22,23)15-9-5-4-8-14(15)16-10-19(16)11-17(25)24(18(19)26)12-13-6-2-1-3-7-13/h1-9,16H,10-12H2/t16?,19-/m0/s1. The molecule has 1 aliphatic carbocycles. The van der Waals surface area contributed by atoms with Crippen LogP contribution in [-0.2, 0) is 22.3 Å². The third-order valence-corrected chi connectivity index (χ3v) is 5.34. The molecule has 2 amide bonds. The zero-order valence-corrected chi connectivity index (χ0v) is 13.8. The van der Waals surface area contributed by atoms with Gasteiger partial charge in [0.2, 0.25) is 11.8 Å². The van der Waals surface area contributed by atoms with Gasteiger partial charge in [-0.2, -0.15) is 13.2 Å². The van der Waals surface area contributed by atoms with Crippen molar-refractivity contribution in [2.45, 2.75) is 31.5 Å². The first-order chi connectivity index (χ1) is 12.3. The summed E-state index contributed by atoms with van der Waals surface area (Å²) in [6.45, 7) is 0.161. The first-order valence-corrected chi connectivity index (χ1v) is 8.38. The third-order valence-electron chi connectivity index (χ3n) is 5.34. The number of rotatable bonds is 3. The maximum atomic E-state index is 13.3. The van der Waals surface area contributed by atoms with Crippen LogP contribution in [0.3, 0.4) is 0 Å². The second kappa shape index (κ2) is 5.69. The van der Waals surface area contributed by atoms with Gasteiger partial charge in [-0.05, 0) is 23.6 Å². The molecule has 0 aromatic heterocycles.